The molecule has 0 spiro atoms. The molecule has 3 aromatic rings. The van der Waals surface area contributed by atoms with E-state index in [9.17, 15) is 9.59 Å². The van der Waals surface area contributed by atoms with Gasteiger partial charge in [0.25, 0.3) is 5.91 Å². The molecule has 164 valence electrons. The van der Waals surface area contributed by atoms with Crippen LogP contribution in [-0.2, 0) is 6.42 Å². The predicted octanol–water partition coefficient (Wildman–Crippen LogP) is 4.82. The van der Waals surface area contributed by atoms with Crippen LogP contribution in [0.5, 0.6) is 11.5 Å². The molecule has 1 unspecified atom stereocenters. The second kappa shape index (κ2) is 9.40. The molecule has 1 saturated heterocycles. The number of likely N-dealkylation sites (tertiary alicyclic amines) is 1. The van der Waals surface area contributed by atoms with Crippen LogP contribution in [0.1, 0.15) is 51.2 Å². The largest absolute Gasteiger partial charge is 0.457 e. The molecule has 2 heterocycles. The fraction of sp³-hybridized carbons (Fsp3) is 0.240. The van der Waals surface area contributed by atoms with E-state index in [-0.39, 0.29) is 11.8 Å². The van der Waals surface area contributed by atoms with Crippen molar-refractivity contribution >= 4 is 23.4 Å². The topological polar surface area (TPSA) is 85.5 Å². The monoisotopic (exact) mass is 449 g/mol. The highest BCUT2D eigenvalue weighted by molar-refractivity contribution is 6.30. The summed E-state index contributed by atoms with van der Waals surface area (Å²) in [4.78, 5) is 30.9. The number of halogens is 1. The lowest BCUT2D eigenvalue weighted by molar-refractivity contribution is 0.0785. The molecule has 0 bridgehead atoms. The number of carbonyl (C=O) groups is 2. The lowest BCUT2D eigenvalue weighted by Crippen LogP contribution is -2.29. The fourth-order valence-electron chi connectivity index (χ4n) is 4.05. The van der Waals surface area contributed by atoms with Gasteiger partial charge in [0, 0.05) is 30.8 Å². The first-order chi connectivity index (χ1) is 15.5. The van der Waals surface area contributed by atoms with Crippen LogP contribution in [0, 0.1) is 0 Å². The molecule has 1 aliphatic heterocycles. The average Bonchev–Trinajstić information content (AvgIpc) is 3.29. The SMILES string of the molecule is CCc1ccccc1Oc1ccc(C2CCN(C(=O)c3ccc(Cl)cn3)C2)c(C(N)=O)c1. The molecule has 4 rings (SSSR count). The van der Waals surface area contributed by atoms with Crippen molar-refractivity contribution in [1.82, 2.24) is 9.88 Å². The van der Waals surface area contributed by atoms with Gasteiger partial charge < -0.3 is 15.4 Å². The van der Waals surface area contributed by atoms with Gasteiger partial charge in [-0.3, -0.25) is 9.59 Å². The summed E-state index contributed by atoms with van der Waals surface area (Å²) in [6, 6.07) is 16.5. The number of rotatable bonds is 6. The maximum Gasteiger partial charge on any atom is 0.272 e. The first kappa shape index (κ1) is 21.8. The van der Waals surface area contributed by atoms with Gasteiger partial charge in [0.2, 0.25) is 5.91 Å². The van der Waals surface area contributed by atoms with Crippen molar-refractivity contribution in [3.8, 4) is 11.5 Å². The molecule has 1 atom stereocenters. The standard InChI is InChI=1S/C25H24ClN3O3/c1-2-16-5-3-4-6-23(16)32-19-8-9-20(21(13-19)24(27)30)17-11-12-29(15-17)25(31)22-10-7-18(26)14-28-22/h3-10,13-14,17H,2,11-12,15H2,1H3,(H2,27,30). The normalized spacial score (nSPS) is 15.6. The number of primary amides is 1. The van der Waals surface area contributed by atoms with Crippen LogP contribution in [0.15, 0.2) is 60.8 Å². The van der Waals surface area contributed by atoms with E-state index >= 15 is 0 Å². The molecule has 32 heavy (non-hydrogen) atoms. The van der Waals surface area contributed by atoms with Crippen molar-refractivity contribution in [3.63, 3.8) is 0 Å². The maximum atomic E-state index is 12.8. The van der Waals surface area contributed by atoms with Gasteiger partial charge in [0.05, 0.1) is 5.02 Å². The highest BCUT2D eigenvalue weighted by atomic mass is 35.5. The summed E-state index contributed by atoms with van der Waals surface area (Å²) in [6.07, 6.45) is 3.03. The molecule has 1 fully saturated rings. The van der Waals surface area contributed by atoms with E-state index in [1.807, 2.05) is 36.4 Å². The minimum atomic E-state index is -0.515. The quantitative estimate of drug-likeness (QED) is 0.584. The fourth-order valence-corrected chi connectivity index (χ4v) is 4.17. The van der Waals surface area contributed by atoms with E-state index in [4.69, 9.17) is 22.1 Å². The Labute approximate surface area is 192 Å². The zero-order chi connectivity index (χ0) is 22.7. The van der Waals surface area contributed by atoms with Crippen molar-refractivity contribution in [2.45, 2.75) is 25.7 Å². The van der Waals surface area contributed by atoms with Crippen molar-refractivity contribution in [2.24, 2.45) is 5.73 Å². The number of para-hydroxylation sites is 1. The summed E-state index contributed by atoms with van der Waals surface area (Å²) in [7, 11) is 0. The minimum Gasteiger partial charge on any atom is -0.457 e. The highest BCUT2D eigenvalue weighted by Gasteiger charge is 2.30. The van der Waals surface area contributed by atoms with E-state index in [2.05, 4.69) is 11.9 Å². The summed E-state index contributed by atoms with van der Waals surface area (Å²) >= 11 is 5.87. The average molecular weight is 450 g/mol. The number of aromatic nitrogens is 1. The number of carbonyl (C=O) groups excluding carboxylic acids is 2. The van der Waals surface area contributed by atoms with Crippen LogP contribution in [-0.4, -0.2) is 34.8 Å². The number of benzene rings is 2. The molecule has 1 aliphatic rings. The van der Waals surface area contributed by atoms with Crippen molar-refractivity contribution in [3.05, 3.63) is 88.2 Å². The molecule has 0 aliphatic carbocycles. The van der Waals surface area contributed by atoms with E-state index in [1.165, 1.54) is 6.20 Å². The smallest absolute Gasteiger partial charge is 0.272 e. The molecule has 2 N–H and O–H groups in total. The Morgan fingerprint density at radius 2 is 2.00 bits per heavy atom. The van der Waals surface area contributed by atoms with Gasteiger partial charge in [-0.1, -0.05) is 42.8 Å². The Hall–Kier alpha value is -3.38. The number of aryl methyl sites for hydroxylation is 1. The van der Waals surface area contributed by atoms with Gasteiger partial charge in [0.1, 0.15) is 17.2 Å². The van der Waals surface area contributed by atoms with Crippen LogP contribution < -0.4 is 10.5 Å². The molecule has 2 amide bonds. The van der Waals surface area contributed by atoms with Crippen LogP contribution >= 0.6 is 11.6 Å². The summed E-state index contributed by atoms with van der Waals surface area (Å²) in [5, 5.41) is 0.482. The highest BCUT2D eigenvalue weighted by Crippen LogP contribution is 2.34. The molecule has 1 aromatic heterocycles. The molecule has 0 radical (unpaired) electrons. The number of hydrogen-bond donors (Lipinski definition) is 1. The maximum absolute atomic E-state index is 12.8. The second-order valence-corrected chi connectivity index (χ2v) is 8.21. The predicted molar refractivity (Wildman–Crippen MR) is 123 cm³/mol. The van der Waals surface area contributed by atoms with Gasteiger partial charge in [-0.25, -0.2) is 4.98 Å². The first-order valence-electron chi connectivity index (χ1n) is 10.6. The Morgan fingerprint density at radius 3 is 2.72 bits per heavy atom. The van der Waals surface area contributed by atoms with Crippen LogP contribution in [0.3, 0.4) is 0 Å². The Kier molecular flexibility index (Phi) is 6.42. The zero-order valence-electron chi connectivity index (χ0n) is 17.8. The lowest BCUT2D eigenvalue weighted by Gasteiger charge is -2.18. The van der Waals surface area contributed by atoms with E-state index in [0.29, 0.717) is 35.1 Å². The molecule has 7 heteroatoms. The van der Waals surface area contributed by atoms with Crippen molar-refractivity contribution in [1.29, 1.82) is 0 Å². The Morgan fingerprint density at radius 1 is 1.19 bits per heavy atom. The van der Waals surface area contributed by atoms with Gasteiger partial charge in [-0.15, -0.1) is 0 Å². The van der Waals surface area contributed by atoms with Crippen LogP contribution in [0.25, 0.3) is 0 Å². The van der Waals surface area contributed by atoms with Crippen molar-refractivity contribution < 1.29 is 14.3 Å². The number of ether oxygens (including phenoxy) is 1. The number of pyridine rings is 1. The second-order valence-electron chi connectivity index (χ2n) is 7.78. The third kappa shape index (κ3) is 4.60. The zero-order valence-corrected chi connectivity index (χ0v) is 18.5. The van der Waals surface area contributed by atoms with Gasteiger partial charge in [-0.05, 0) is 54.3 Å². The number of nitrogens with zero attached hydrogens (tertiary/aromatic N) is 2. The van der Waals surface area contributed by atoms with Gasteiger partial charge >= 0.3 is 0 Å². The number of hydrogen-bond acceptors (Lipinski definition) is 4. The molecular weight excluding hydrogens is 426 g/mol. The lowest BCUT2D eigenvalue weighted by atomic mass is 9.93. The molecular formula is C25H24ClN3O3. The minimum absolute atomic E-state index is 0.00530. The molecule has 6 nitrogen and oxygen atoms in total. The molecule has 0 saturated carbocycles. The molecule has 2 aromatic carbocycles. The van der Waals surface area contributed by atoms with Gasteiger partial charge in [0.15, 0.2) is 0 Å². The van der Waals surface area contributed by atoms with Crippen LogP contribution in [0.2, 0.25) is 5.02 Å². The summed E-state index contributed by atoms with van der Waals surface area (Å²) in [5.41, 5.74) is 8.38. The third-order valence-corrected chi connectivity index (χ3v) is 5.96. The first-order valence-corrected chi connectivity index (χ1v) is 10.9. The number of amides is 2. The van der Waals surface area contributed by atoms with E-state index < -0.39 is 5.91 Å². The van der Waals surface area contributed by atoms with Crippen LogP contribution in [0.4, 0.5) is 0 Å². The summed E-state index contributed by atoms with van der Waals surface area (Å²) in [6.45, 7) is 3.13. The Bertz CT molecular complexity index is 1150. The number of nitrogens with two attached hydrogens (primary N) is 1. The van der Waals surface area contributed by atoms with Gasteiger partial charge in [-0.2, -0.15) is 0 Å². The van der Waals surface area contributed by atoms with E-state index in [1.54, 1.807) is 23.1 Å². The summed E-state index contributed by atoms with van der Waals surface area (Å²) < 4.78 is 6.04. The Balaban J connectivity index is 1.54. The third-order valence-electron chi connectivity index (χ3n) is 5.73. The summed E-state index contributed by atoms with van der Waals surface area (Å²) in [5.74, 6) is 0.649. The van der Waals surface area contributed by atoms with Crippen molar-refractivity contribution in [2.75, 3.05) is 13.1 Å². The van der Waals surface area contributed by atoms with E-state index in [0.717, 1.165) is 29.7 Å².